The average Bonchev–Trinajstić information content (AvgIpc) is 3.07. The van der Waals surface area contributed by atoms with Crippen molar-refractivity contribution in [2.75, 3.05) is 0 Å². The van der Waals surface area contributed by atoms with Crippen LogP contribution < -0.4 is 4.72 Å². The molecule has 0 fully saturated rings. The Hall–Kier alpha value is -2.09. The predicted octanol–water partition coefficient (Wildman–Crippen LogP) is 3.74. The van der Waals surface area contributed by atoms with Crippen molar-refractivity contribution in [2.24, 2.45) is 0 Å². The molecule has 3 rings (SSSR count). The largest absolute Gasteiger partial charge is 0.255 e. The minimum Gasteiger partial charge on any atom is -0.255 e. The maximum Gasteiger partial charge on any atom is 0.241 e. The molecular formula is C17H15FN2O2S2. The highest BCUT2D eigenvalue weighted by atomic mass is 32.2. The van der Waals surface area contributed by atoms with Crippen LogP contribution in [0.25, 0.3) is 10.6 Å². The first kappa shape index (κ1) is 16.8. The number of benzene rings is 1. The third kappa shape index (κ3) is 3.53. The molecule has 2 aromatic heterocycles. The van der Waals surface area contributed by atoms with Gasteiger partial charge in [-0.2, -0.15) is 0 Å². The summed E-state index contributed by atoms with van der Waals surface area (Å²) in [6.07, 6.45) is 1.68. The number of hydrogen-bond acceptors (Lipinski definition) is 4. The van der Waals surface area contributed by atoms with E-state index >= 15 is 0 Å². The van der Waals surface area contributed by atoms with E-state index in [1.807, 2.05) is 23.6 Å². The highest BCUT2D eigenvalue weighted by Gasteiger charge is 2.18. The smallest absolute Gasteiger partial charge is 0.241 e. The first-order valence-corrected chi connectivity index (χ1v) is 9.57. The summed E-state index contributed by atoms with van der Waals surface area (Å²) >= 11 is 1.54. The van der Waals surface area contributed by atoms with E-state index in [0.29, 0.717) is 5.56 Å². The van der Waals surface area contributed by atoms with E-state index in [2.05, 4.69) is 9.71 Å². The van der Waals surface area contributed by atoms with Gasteiger partial charge in [0.2, 0.25) is 10.0 Å². The first-order valence-electron chi connectivity index (χ1n) is 7.21. The third-order valence-electron chi connectivity index (χ3n) is 3.52. The Morgan fingerprint density at radius 3 is 2.75 bits per heavy atom. The average molecular weight is 362 g/mol. The lowest BCUT2D eigenvalue weighted by Gasteiger charge is -2.11. The maximum absolute atomic E-state index is 13.2. The number of nitrogens with zero attached hydrogens (tertiary/aromatic N) is 1. The number of nitrogens with one attached hydrogen (secondary N) is 1. The van der Waals surface area contributed by atoms with Gasteiger partial charge in [0.15, 0.2) is 0 Å². The van der Waals surface area contributed by atoms with Crippen LogP contribution in [0.4, 0.5) is 4.39 Å². The fraction of sp³-hybridized carbons (Fsp3) is 0.118. The topological polar surface area (TPSA) is 59.1 Å². The van der Waals surface area contributed by atoms with Crippen molar-refractivity contribution in [3.63, 3.8) is 0 Å². The van der Waals surface area contributed by atoms with Gasteiger partial charge >= 0.3 is 0 Å². The van der Waals surface area contributed by atoms with Crippen molar-refractivity contribution >= 4 is 21.4 Å². The standard InChI is InChI=1S/C17H15FN2O2S2/c1-12-10-14(18)6-7-16(12)24(21,22)20-11-13-4-2-8-19-17(13)15-5-3-9-23-15/h2-10,20H,11H2,1H3. The van der Waals surface area contributed by atoms with Crippen molar-refractivity contribution < 1.29 is 12.8 Å². The second kappa shape index (κ2) is 6.80. The summed E-state index contributed by atoms with van der Waals surface area (Å²) < 4.78 is 40.7. The third-order valence-corrected chi connectivity index (χ3v) is 5.96. The summed E-state index contributed by atoms with van der Waals surface area (Å²) in [6.45, 7) is 1.68. The molecule has 0 aliphatic heterocycles. The van der Waals surface area contributed by atoms with Crippen LogP contribution in [0, 0.1) is 12.7 Å². The Balaban J connectivity index is 1.86. The number of hydrogen-bond donors (Lipinski definition) is 1. The first-order chi connectivity index (χ1) is 11.5. The van der Waals surface area contributed by atoms with Crippen molar-refractivity contribution in [1.82, 2.24) is 9.71 Å². The molecule has 1 N–H and O–H groups in total. The van der Waals surface area contributed by atoms with Gasteiger partial charge in [-0.1, -0.05) is 12.1 Å². The molecule has 4 nitrogen and oxygen atoms in total. The van der Waals surface area contributed by atoms with Gasteiger partial charge in [-0.3, -0.25) is 4.98 Å². The molecule has 0 aliphatic rings. The van der Waals surface area contributed by atoms with Gasteiger partial charge in [-0.15, -0.1) is 11.3 Å². The Morgan fingerprint density at radius 1 is 1.21 bits per heavy atom. The molecule has 7 heteroatoms. The molecule has 2 heterocycles. The second-order valence-electron chi connectivity index (χ2n) is 5.22. The van der Waals surface area contributed by atoms with Crippen molar-refractivity contribution in [1.29, 1.82) is 0 Å². The van der Waals surface area contributed by atoms with Crippen molar-refractivity contribution in [3.8, 4) is 10.6 Å². The minimum absolute atomic E-state index is 0.0745. The maximum atomic E-state index is 13.2. The van der Waals surface area contributed by atoms with Gasteiger partial charge in [0.05, 0.1) is 15.5 Å². The van der Waals surface area contributed by atoms with Gasteiger partial charge in [0.25, 0.3) is 0 Å². The zero-order valence-corrected chi connectivity index (χ0v) is 14.5. The molecule has 124 valence electrons. The number of aromatic nitrogens is 1. The van der Waals surface area contributed by atoms with E-state index < -0.39 is 15.8 Å². The van der Waals surface area contributed by atoms with E-state index in [-0.39, 0.29) is 11.4 Å². The molecule has 24 heavy (non-hydrogen) atoms. The Bertz CT molecular complexity index is 954. The lowest BCUT2D eigenvalue weighted by Crippen LogP contribution is -2.24. The number of halogens is 1. The molecule has 0 amide bonds. The zero-order valence-electron chi connectivity index (χ0n) is 12.9. The molecular weight excluding hydrogens is 347 g/mol. The summed E-state index contributed by atoms with van der Waals surface area (Å²) in [5.74, 6) is -0.460. The van der Waals surface area contributed by atoms with Crippen LogP contribution in [0.5, 0.6) is 0 Å². The van der Waals surface area contributed by atoms with Gasteiger partial charge in [0.1, 0.15) is 5.82 Å². The molecule has 0 bridgehead atoms. The van der Waals surface area contributed by atoms with E-state index in [9.17, 15) is 12.8 Å². The Morgan fingerprint density at radius 2 is 2.04 bits per heavy atom. The number of rotatable bonds is 5. The Kier molecular flexibility index (Phi) is 4.75. The van der Waals surface area contributed by atoms with Crippen LogP contribution in [-0.4, -0.2) is 13.4 Å². The SMILES string of the molecule is Cc1cc(F)ccc1S(=O)(=O)NCc1cccnc1-c1cccs1. The minimum atomic E-state index is -3.73. The van der Waals surface area contributed by atoms with Crippen LogP contribution in [0.3, 0.4) is 0 Å². The van der Waals surface area contributed by atoms with E-state index in [1.165, 1.54) is 12.1 Å². The molecule has 0 saturated heterocycles. The fourth-order valence-corrected chi connectivity index (χ4v) is 4.37. The van der Waals surface area contributed by atoms with E-state index in [4.69, 9.17) is 0 Å². The van der Waals surface area contributed by atoms with Crippen molar-refractivity contribution in [2.45, 2.75) is 18.4 Å². The zero-order chi connectivity index (χ0) is 17.2. The number of aryl methyl sites for hydroxylation is 1. The number of thiophene rings is 1. The number of pyridine rings is 1. The fourth-order valence-electron chi connectivity index (χ4n) is 2.38. The monoisotopic (exact) mass is 362 g/mol. The van der Waals surface area contributed by atoms with Crippen LogP contribution >= 0.6 is 11.3 Å². The summed E-state index contributed by atoms with van der Waals surface area (Å²) in [5.41, 5.74) is 1.90. The normalized spacial score (nSPS) is 11.6. The van der Waals surface area contributed by atoms with Gasteiger partial charge < -0.3 is 0 Å². The van der Waals surface area contributed by atoms with Gasteiger partial charge in [-0.25, -0.2) is 17.5 Å². The summed E-state index contributed by atoms with van der Waals surface area (Å²) in [4.78, 5) is 5.40. The van der Waals surface area contributed by atoms with Crippen molar-refractivity contribution in [3.05, 3.63) is 71.0 Å². The Labute approximate surface area is 144 Å². The molecule has 0 spiro atoms. The highest BCUT2D eigenvalue weighted by molar-refractivity contribution is 7.89. The van der Waals surface area contributed by atoms with Crippen LogP contribution in [0.15, 0.2) is 58.9 Å². The predicted molar refractivity (Wildman–Crippen MR) is 92.7 cm³/mol. The molecule has 3 aromatic rings. The lowest BCUT2D eigenvalue weighted by molar-refractivity contribution is 0.579. The summed E-state index contributed by atoms with van der Waals surface area (Å²) in [7, 11) is -3.73. The molecule has 0 unspecified atom stereocenters. The lowest BCUT2D eigenvalue weighted by atomic mass is 10.2. The number of sulfonamides is 1. The highest BCUT2D eigenvalue weighted by Crippen LogP contribution is 2.26. The van der Waals surface area contributed by atoms with Crippen LogP contribution in [0.1, 0.15) is 11.1 Å². The molecule has 1 aromatic carbocycles. The van der Waals surface area contributed by atoms with E-state index in [1.54, 1.807) is 30.5 Å². The molecule has 0 aliphatic carbocycles. The summed E-state index contributed by atoms with van der Waals surface area (Å²) in [5, 5.41) is 1.94. The molecule has 0 saturated carbocycles. The quantitative estimate of drug-likeness (QED) is 0.752. The molecule has 0 radical (unpaired) electrons. The van der Waals surface area contributed by atoms with Gasteiger partial charge in [-0.05, 0) is 53.8 Å². The molecule has 0 atom stereocenters. The van der Waals surface area contributed by atoms with Gasteiger partial charge in [0, 0.05) is 12.7 Å². The summed E-state index contributed by atoms with van der Waals surface area (Å²) in [6, 6.07) is 11.1. The second-order valence-corrected chi connectivity index (χ2v) is 7.91. The van der Waals surface area contributed by atoms with Crippen LogP contribution in [-0.2, 0) is 16.6 Å². The van der Waals surface area contributed by atoms with Crippen LogP contribution in [0.2, 0.25) is 0 Å². The van der Waals surface area contributed by atoms with E-state index in [0.717, 1.165) is 22.2 Å².